The zero-order valence-corrected chi connectivity index (χ0v) is 9.03. The van der Waals surface area contributed by atoms with Crippen molar-refractivity contribution in [2.24, 2.45) is 0 Å². The smallest absolute Gasteiger partial charge is 0.165 e. The van der Waals surface area contributed by atoms with Gasteiger partial charge in [-0.05, 0) is 18.2 Å². The molecular weight excluding hydrogens is 258 g/mol. The highest BCUT2D eigenvalue weighted by Gasteiger charge is 2.09. The lowest BCUT2D eigenvalue weighted by atomic mass is 10.1. The summed E-state index contributed by atoms with van der Waals surface area (Å²) in [5, 5.41) is 0. The van der Waals surface area contributed by atoms with Gasteiger partial charge >= 0.3 is 0 Å². The van der Waals surface area contributed by atoms with E-state index in [0.717, 1.165) is 0 Å². The molecule has 0 saturated carbocycles. The van der Waals surface area contributed by atoms with E-state index in [1.54, 1.807) is 0 Å². The fraction of sp³-hybridized carbons (Fsp3) is 0.222. The van der Waals surface area contributed by atoms with Crippen LogP contribution >= 0.6 is 27.5 Å². The van der Waals surface area contributed by atoms with E-state index in [0.29, 0.717) is 10.0 Å². The summed E-state index contributed by atoms with van der Waals surface area (Å²) in [6.07, 6.45) is 0.226. The minimum atomic E-state index is -0.416. The van der Waals surface area contributed by atoms with Gasteiger partial charge in [0.15, 0.2) is 5.78 Å². The maximum Gasteiger partial charge on any atom is 0.165 e. The van der Waals surface area contributed by atoms with Gasteiger partial charge in [-0.15, -0.1) is 11.6 Å². The van der Waals surface area contributed by atoms with Gasteiger partial charge < -0.3 is 0 Å². The molecule has 0 radical (unpaired) electrons. The summed E-state index contributed by atoms with van der Waals surface area (Å²) in [5.41, 5.74) is 0.348. The zero-order chi connectivity index (χ0) is 9.84. The third-order valence-electron chi connectivity index (χ3n) is 1.55. The minimum absolute atomic E-state index is 0.152. The quantitative estimate of drug-likeness (QED) is 0.605. The second-order valence-electron chi connectivity index (χ2n) is 2.49. The summed E-state index contributed by atoms with van der Waals surface area (Å²) in [6, 6.07) is 4.01. The van der Waals surface area contributed by atoms with Crippen LogP contribution < -0.4 is 0 Å². The van der Waals surface area contributed by atoms with Crippen molar-refractivity contribution in [1.82, 2.24) is 0 Å². The van der Waals surface area contributed by atoms with Crippen molar-refractivity contribution in [1.29, 1.82) is 0 Å². The Balaban J connectivity index is 2.99. The fourth-order valence-corrected chi connectivity index (χ4v) is 1.57. The molecule has 0 saturated heterocycles. The van der Waals surface area contributed by atoms with E-state index in [-0.39, 0.29) is 18.1 Å². The highest BCUT2D eigenvalue weighted by molar-refractivity contribution is 9.10. The molecule has 0 unspecified atom stereocenters. The second kappa shape index (κ2) is 4.72. The number of carbonyl (C=O) groups is 1. The molecule has 0 aromatic heterocycles. The lowest BCUT2D eigenvalue weighted by Crippen LogP contribution is -2.01. The van der Waals surface area contributed by atoms with Crippen LogP contribution in [0.4, 0.5) is 4.39 Å². The Kier molecular flexibility index (Phi) is 3.88. The van der Waals surface area contributed by atoms with E-state index in [4.69, 9.17) is 11.6 Å². The van der Waals surface area contributed by atoms with E-state index < -0.39 is 5.82 Å². The van der Waals surface area contributed by atoms with E-state index in [1.165, 1.54) is 18.2 Å². The number of alkyl halides is 1. The molecule has 0 heterocycles. The first-order valence-corrected chi connectivity index (χ1v) is 5.02. The van der Waals surface area contributed by atoms with Crippen molar-refractivity contribution >= 4 is 33.3 Å². The standard InChI is InChI=1S/C9H7BrClFO/c10-8-2-1-6(12)5-7(8)9(13)3-4-11/h1-2,5H,3-4H2. The van der Waals surface area contributed by atoms with Gasteiger partial charge in [-0.1, -0.05) is 15.9 Å². The Morgan fingerprint density at radius 2 is 2.23 bits per heavy atom. The molecule has 4 heteroatoms. The molecule has 0 bridgehead atoms. The SMILES string of the molecule is O=C(CCCl)c1cc(F)ccc1Br. The Labute approximate surface area is 89.0 Å². The van der Waals surface area contributed by atoms with Crippen molar-refractivity contribution in [3.8, 4) is 0 Å². The molecule has 13 heavy (non-hydrogen) atoms. The number of carbonyl (C=O) groups excluding carboxylic acids is 1. The summed E-state index contributed by atoms with van der Waals surface area (Å²) < 4.78 is 13.3. The van der Waals surface area contributed by atoms with Gasteiger partial charge in [0.05, 0.1) is 0 Å². The van der Waals surface area contributed by atoms with Gasteiger partial charge in [0.1, 0.15) is 5.82 Å². The summed E-state index contributed by atoms with van der Waals surface area (Å²) in [6.45, 7) is 0. The van der Waals surface area contributed by atoms with Crippen LogP contribution in [0.1, 0.15) is 16.8 Å². The monoisotopic (exact) mass is 264 g/mol. The van der Waals surface area contributed by atoms with Crippen LogP contribution in [0.25, 0.3) is 0 Å². The Bertz CT molecular complexity index is 327. The van der Waals surface area contributed by atoms with Crippen molar-refractivity contribution in [2.75, 3.05) is 5.88 Å². The van der Waals surface area contributed by atoms with E-state index in [9.17, 15) is 9.18 Å². The van der Waals surface area contributed by atoms with E-state index >= 15 is 0 Å². The van der Waals surface area contributed by atoms with Crippen LogP contribution in [-0.4, -0.2) is 11.7 Å². The first-order chi connectivity index (χ1) is 6.15. The number of halogens is 3. The molecule has 0 spiro atoms. The van der Waals surface area contributed by atoms with Gasteiger partial charge in [0.2, 0.25) is 0 Å². The number of rotatable bonds is 3. The predicted octanol–water partition coefficient (Wildman–Crippen LogP) is 3.40. The van der Waals surface area contributed by atoms with E-state index in [2.05, 4.69) is 15.9 Å². The fourth-order valence-electron chi connectivity index (χ4n) is 0.932. The van der Waals surface area contributed by atoms with Crippen LogP contribution in [0.15, 0.2) is 22.7 Å². The Morgan fingerprint density at radius 3 is 2.85 bits per heavy atom. The highest BCUT2D eigenvalue weighted by atomic mass is 79.9. The summed E-state index contributed by atoms with van der Waals surface area (Å²) in [4.78, 5) is 11.3. The third kappa shape index (κ3) is 2.78. The van der Waals surface area contributed by atoms with Crippen molar-refractivity contribution in [2.45, 2.75) is 6.42 Å². The molecule has 0 amide bonds. The van der Waals surface area contributed by atoms with Crippen molar-refractivity contribution in [3.63, 3.8) is 0 Å². The van der Waals surface area contributed by atoms with Gasteiger partial charge in [-0.3, -0.25) is 4.79 Å². The highest BCUT2D eigenvalue weighted by Crippen LogP contribution is 2.19. The number of hydrogen-bond acceptors (Lipinski definition) is 1. The Morgan fingerprint density at radius 1 is 1.54 bits per heavy atom. The van der Waals surface area contributed by atoms with Gasteiger partial charge in [0.25, 0.3) is 0 Å². The number of ketones is 1. The second-order valence-corrected chi connectivity index (χ2v) is 3.72. The first kappa shape index (κ1) is 10.7. The Hall–Kier alpha value is -0.410. The lowest BCUT2D eigenvalue weighted by Gasteiger charge is -2.01. The molecule has 0 fully saturated rings. The molecule has 1 aromatic carbocycles. The molecule has 70 valence electrons. The van der Waals surface area contributed by atoms with Crippen molar-refractivity contribution in [3.05, 3.63) is 34.1 Å². The average molecular weight is 266 g/mol. The number of benzene rings is 1. The molecule has 0 N–H and O–H groups in total. The predicted molar refractivity (Wildman–Crippen MR) is 53.8 cm³/mol. The van der Waals surface area contributed by atoms with Crippen LogP contribution in [0.2, 0.25) is 0 Å². The van der Waals surface area contributed by atoms with E-state index in [1.807, 2.05) is 0 Å². The average Bonchev–Trinajstić information content (AvgIpc) is 2.09. The van der Waals surface area contributed by atoms with Crippen LogP contribution in [0.5, 0.6) is 0 Å². The number of hydrogen-bond donors (Lipinski definition) is 0. The normalized spacial score (nSPS) is 10.1. The van der Waals surface area contributed by atoms with Gasteiger partial charge in [-0.2, -0.15) is 0 Å². The van der Waals surface area contributed by atoms with Crippen LogP contribution in [0, 0.1) is 5.82 Å². The first-order valence-electron chi connectivity index (χ1n) is 3.69. The van der Waals surface area contributed by atoms with Crippen LogP contribution in [0.3, 0.4) is 0 Å². The van der Waals surface area contributed by atoms with Crippen LogP contribution in [-0.2, 0) is 0 Å². The topological polar surface area (TPSA) is 17.1 Å². The third-order valence-corrected chi connectivity index (χ3v) is 2.43. The molecular formula is C9H7BrClFO. The molecule has 0 aliphatic heterocycles. The summed E-state index contributed by atoms with van der Waals surface area (Å²) in [7, 11) is 0. The van der Waals surface area contributed by atoms with Gasteiger partial charge in [-0.25, -0.2) is 4.39 Å². The summed E-state index contributed by atoms with van der Waals surface area (Å²) >= 11 is 8.58. The zero-order valence-electron chi connectivity index (χ0n) is 6.69. The van der Waals surface area contributed by atoms with Gasteiger partial charge in [0, 0.05) is 22.3 Å². The number of Topliss-reactive ketones (excluding diaryl/α,β-unsaturated/α-hetero) is 1. The lowest BCUT2D eigenvalue weighted by molar-refractivity contribution is 0.0988. The minimum Gasteiger partial charge on any atom is -0.294 e. The molecule has 0 atom stereocenters. The molecule has 1 nitrogen and oxygen atoms in total. The maximum absolute atomic E-state index is 12.7. The van der Waals surface area contributed by atoms with Crippen molar-refractivity contribution < 1.29 is 9.18 Å². The molecule has 0 aliphatic carbocycles. The molecule has 1 aromatic rings. The molecule has 0 aliphatic rings. The summed E-state index contributed by atoms with van der Waals surface area (Å²) in [5.74, 6) is -0.315. The maximum atomic E-state index is 12.7. The molecule has 1 rings (SSSR count). The largest absolute Gasteiger partial charge is 0.294 e.